The van der Waals surface area contributed by atoms with Crippen molar-refractivity contribution in [1.29, 1.82) is 0 Å². The van der Waals surface area contributed by atoms with Crippen LogP contribution in [0, 0.1) is 5.82 Å². The number of hydrogen-bond donors (Lipinski definition) is 0. The summed E-state index contributed by atoms with van der Waals surface area (Å²) < 4.78 is 41.9. The molecule has 3 rings (SSSR count). The maximum absolute atomic E-state index is 13.7. The second-order valence-corrected chi connectivity index (χ2v) is 8.95. The number of hydrogen-bond acceptors (Lipinski definition) is 5. The number of ether oxygens (including phenoxy) is 1. The van der Waals surface area contributed by atoms with E-state index in [1.165, 1.54) is 17.0 Å². The summed E-state index contributed by atoms with van der Waals surface area (Å²) in [6.07, 6.45) is 2.01. The molecule has 1 aliphatic heterocycles. The molecular weight excluding hydrogens is 373 g/mol. The number of carbonyl (C=O) groups is 2. The molecule has 0 unspecified atom stereocenters. The van der Waals surface area contributed by atoms with E-state index in [2.05, 4.69) is 0 Å². The van der Waals surface area contributed by atoms with Crippen molar-refractivity contribution in [2.45, 2.75) is 31.3 Å². The number of nitrogens with zero attached hydrogens (tertiary/aromatic N) is 1. The van der Waals surface area contributed by atoms with Crippen LogP contribution in [0.3, 0.4) is 0 Å². The van der Waals surface area contributed by atoms with E-state index in [1.807, 2.05) is 0 Å². The molecule has 0 bridgehead atoms. The SMILES string of the molecule is O=C(OCC(=O)N(C1CC1)[C@H]1CCS(=O)(=O)C1)c1ccc(Cl)cc1F. The van der Waals surface area contributed by atoms with Crippen LogP contribution in [0.5, 0.6) is 0 Å². The average Bonchev–Trinajstić information content (AvgIpc) is 3.29. The molecule has 0 aromatic heterocycles. The Hall–Kier alpha value is -1.67. The first kappa shape index (κ1) is 18.1. The van der Waals surface area contributed by atoms with Gasteiger partial charge in [-0.2, -0.15) is 0 Å². The number of esters is 1. The molecule has 1 saturated carbocycles. The van der Waals surface area contributed by atoms with E-state index < -0.39 is 34.1 Å². The molecular formula is C16H17ClFNO5S. The van der Waals surface area contributed by atoms with Gasteiger partial charge in [-0.3, -0.25) is 4.79 Å². The van der Waals surface area contributed by atoms with Crippen LogP contribution in [0.4, 0.5) is 4.39 Å². The van der Waals surface area contributed by atoms with Gasteiger partial charge in [-0.1, -0.05) is 11.6 Å². The van der Waals surface area contributed by atoms with E-state index in [0.29, 0.717) is 6.42 Å². The highest BCUT2D eigenvalue weighted by Crippen LogP contribution is 2.32. The smallest absolute Gasteiger partial charge is 0.341 e. The van der Waals surface area contributed by atoms with Crippen LogP contribution >= 0.6 is 11.6 Å². The highest BCUT2D eigenvalue weighted by molar-refractivity contribution is 7.91. The molecule has 25 heavy (non-hydrogen) atoms. The summed E-state index contributed by atoms with van der Waals surface area (Å²) in [5.41, 5.74) is -0.307. The Morgan fingerprint density at radius 2 is 1.96 bits per heavy atom. The number of amides is 1. The summed E-state index contributed by atoms with van der Waals surface area (Å²) >= 11 is 5.63. The third-order valence-corrected chi connectivity index (χ3v) is 6.29. The van der Waals surface area contributed by atoms with E-state index in [4.69, 9.17) is 16.3 Å². The van der Waals surface area contributed by atoms with Crippen LogP contribution in [0.15, 0.2) is 18.2 Å². The molecule has 1 saturated heterocycles. The lowest BCUT2D eigenvalue weighted by Gasteiger charge is -2.28. The summed E-state index contributed by atoms with van der Waals surface area (Å²) in [6.45, 7) is -0.548. The second kappa shape index (κ2) is 6.92. The summed E-state index contributed by atoms with van der Waals surface area (Å²) in [5.74, 6) is -2.24. The highest BCUT2D eigenvalue weighted by atomic mass is 35.5. The molecule has 0 radical (unpaired) electrons. The topological polar surface area (TPSA) is 80.8 Å². The minimum Gasteiger partial charge on any atom is -0.452 e. The van der Waals surface area contributed by atoms with Gasteiger partial charge in [-0.05, 0) is 37.5 Å². The Balaban J connectivity index is 1.63. The molecule has 136 valence electrons. The normalized spacial score (nSPS) is 21.8. The Bertz CT molecular complexity index is 809. The van der Waals surface area contributed by atoms with Crippen LogP contribution < -0.4 is 0 Å². The number of benzene rings is 1. The van der Waals surface area contributed by atoms with E-state index in [1.54, 1.807) is 0 Å². The predicted molar refractivity (Wildman–Crippen MR) is 88.6 cm³/mol. The van der Waals surface area contributed by atoms with Crippen molar-refractivity contribution in [2.24, 2.45) is 0 Å². The van der Waals surface area contributed by atoms with Gasteiger partial charge in [0, 0.05) is 17.1 Å². The van der Waals surface area contributed by atoms with Gasteiger partial charge < -0.3 is 9.64 Å². The molecule has 6 nitrogen and oxygen atoms in total. The zero-order chi connectivity index (χ0) is 18.2. The summed E-state index contributed by atoms with van der Waals surface area (Å²) in [4.78, 5) is 25.9. The number of carbonyl (C=O) groups excluding carboxylic acids is 2. The third-order valence-electron chi connectivity index (χ3n) is 4.31. The lowest BCUT2D eigenvalue weighted by molar-refractivity contribution is -0.137. The molecule has 1 aliphatic carbocycles. The maximum atomic E-state index is 13.7. The zero-order valence-electron chi connectivity index (χ0n) is 13.3. The van der Waals surface area contributed by atoms with Gasteiger partial charge in [-0.15, -0.1) is 0 Å². The van der Waals surface area contributed by atoms with E-state index >= 15 is 0 Å². The van der Waals surface area contributed by atoms with Gasteiger partial charge >= 0.3 is 5.97 Å². The molecule has 0 N–H and O–H groups in total. The molecule has 1 aromatic rings. The average molecular weight is 390 g/mol. The van der Waals surface area contributed by atoms with Crippen molar-refractivity contribution in [2.75, 3.05) is 18.1 Å². The molecule has 1 amide bonds. The number of sulfone groups is 1. The zero-order valence-corrected chi connectivity index (χ0v) is 14.9. The van der Waals surface area contributed by atoms with Crippen molar-refractivity contribution in [3.8, 4) is 0 Å². The monoisotopic (exact) mass is 389 g/mol. The number of rotatable bonds is 5. The lowest BCUT2D eigenvalue weighted by atomic mass is 10.2. The van der Waals surface area contributed by atoms with Crippen molar-refractivity contribution < 1.29 is 27.1 Å². The Labute approximate surface area is 149 Å². The largest absolute Gasteiger partial charge is 0.452 e. The summed E-state index contributed by atoms with van der Waals surface area (Å²) in [6, 6.07) is 3.14. The maximum Gasteiger partial charge on any atom is 0.341 e. The van der Waals surface area contributed by atoms with Crippen LogP contribution in [-0.4, -0.2) is 55.4 Å². The van der Waals surface area contributed by atoms with Gasteiger partial charge in [0.15, 0.2) is 16.4 Å². The first-order valence-electron chi connectivity index (χ1n) is 7.90. The van der Waals surface area contributed by atoms with Crippen LogP contribution in [0.25, 0.3) is 0 Å². The molecule has 2 aliphatic rings. The fourth-order valence-electron chi connectivity index (χ4n) is 2.99. The van der Waals surface area contributed by atoms with Crippen LogP contribution in [0.2, 0.25) is 5.02 Å². The lowest BCUT2D eigenvalue weighted by Crippen LogP contribution is -2.44. The standard InChI is InChI=1S/C16H17ClFNO5S/c17-10-1-4-13(14(18)7-10)16(21)24-8-15(20)19(11-2-3-11)12-5-6-25(22,23)9-12/h1,4,7,11-12H,2-3,5-6,8-9H2/t12-/m0/s1. The second-order valence-electron chi connectivity index (χ2n) is 6.29. The van der Waals surface area contributed by atoms with Gasteiger partial charge in [0.1, 0.15) is 5.82 Å². The van der Waals surface area contributed by atoms with Crippen molar-refractivity contribution >= 4 is 33.3 Å². The molecule has 2 fully saturated rings. The van der Waals surface area contributed by atoms with E-state index in [-0.39, 0.29) is 34.2 Å². The van der Waals surface area contributed by atoms with Crippen LogP contribution in [-0.2, 0) is 19.4 Å². The fourth-order valence-corrected chi connectivity index (χ4v) is 4.86. The van der Waals surface area contributed by atoms with E-state index in [9.17, 15) is 22.4 Å². The van der Waals surface area contributed by atoms with Gasteiger partial charge in [-0.25, -0.2) is 17.6 Å². The van der Waals surface area contributed by atoms with Gasteiger partial charge in [0.25, 0.3) is 5.91 Å². The molecule has 0 spiro atoms. The minimum atomic E-state index is -3.13. The van der Waals surface area contributed by atoms with E-state index in [0.717, 1.165) is 18.9 Å². The summed E-state index contributed by atoms with van der Waals surface area (Å²) in [5, 5.41) is 0.146. The fraction of sp³-hybridized carbons (Fsp3) is 0.500. The van der Waals surface area contributed by atoms with Crippen LogP contribution in [0.1, 0.15) is 29.6 Å². The summed E-state index contributed by atoms with van der Waals surface area (Å²) in [7, 11) is -3.13. The van der Waals surface area contributed by atoms with Crippen molar-refractivity contribution in [3.63, 3.8) is 0 Å². The van der Waals surface area contributed by atoms with Crippen molar-refractivity contribution in [1.82, 2.24) is 4.90 Å². The third kappa shape index (κ3) is 4.30. The molecule has 9 heteroatoms. The predicted octanol–water partition coefficient (Wildman–Crippen LogP) is 1.81. The molecule has 1 heterocycles. The molecule has 1 aromatic carbocycles. The Kier molecular flexibility index (Phi) is 5.02. The van der Waals surface area contributed by atoms with Gasteiger partial charge in [0.05, 0.1) is 17.1 Å². The Morgan fingerprint density at radius 1 is 1.24 bits per heavy atom. The quantitative estimate of drug-likeness (QED) is 0.717. The Morgan fingerprint density at radius 3 is 2.52 bits per heavy atom. The highest BCUT2D eigenvalue weighted by Gasteiger charge is 2.42. The van der Waals surface area contributed by atoms with Gasteiger partial charge in [0.2, 0.25) is 0 Å². The first-order chi connectivity index (χ1) is 11.8. The minimum absolute atomic E-state index is 0.00299. The number of halogens is 2. The molecule has 1 atom stereocenters. The first-order valence-corrected chi connectivity index (χ1v) is 10.1. The van der Waals surface area contributed by atoms with Crippen molar-refractivity contribution in [3.05, 3.63) is 34.6 Å².